The van der Waals surface area contributed by atoms with Crippen molar-refractivity contribution in [3.05, 3.63) is 83.7 Å². The van der Waals surface area contributed by atoms with Gasteiger partial charge < -0.3 is 8.83 Å². The minimum atomic E-state index is -0.836. The van der Waals surface area contributed by atoms with Gasteiger partial charge in [0.2, 0.25) is 0 Å². The second kappa shape index (κ2) is 4.61. The van der Waals surface area contributed by atoms with Gasteiger partial charge in [-0.05, 0) is 18.1 Å². The minimum absolute atomic E-state index is 0.00167. The van der Waals surface area contributed by atoms with Crippen LogP contribution in [-0.4, -0.2) is 0 Å². The van der Waals surface area contributed by atoms with Gasteiger partial charge >= 0.3 is 22.5 Å². The van der Waals surface area contributed by atoms with Gasteiger partial charge in [0, 0.05) is 5.56 Å². The molecular formula is C17H8O6. The monoisotopic (exact) mass is 308 g/mol. The van der Waals surface area contributed by atoms with Crippen LogP contribution in [0.5, 0.6) is 0 Å². The lowest BCUT2D eigenvalue weighted by Gasteiger charge is -2.04. The van der Waals surface area contributed by atoms with Crippen molar-refractivity contribution in [1.82, 2.24) is 0 Å². The molecule has 2 aromatic heterocycles. The van der Waals surface area contributed by atoms with Crippen molar-refractivity contribution >= 4 is 27.1 Å². The van der Waals surface area contributed by atoms with Gasteiger partial charge in [-0.2, -0.15) is 0 Å². The van der Waals surface area contributed by atoms with Crippen molar-refractivity contribution in [2.75, 3.05) is 0 Å². The van der Waals surface area contributed by atoms with Gasteiger partial charge in [-0.1, -0.05) is 30.4 Å². The van der Waals surface area contributed by atoms with E-state index in [-0.39, 0.29) is 27.1 Å². The average molecular weight is 308 g/mol. The van der Waals surface area contributed by atoms with E-state index in [0.29, 0.717) is 12.0 Å². The molecule has 1 aliphatic rings. The second-order valence-electron chi connectivity index (χ2n) is 5.13. The minimum Gasteiger partial charge on any atom is -0.386 e. The molecule has 0 saturated heterocycles. The van der Waals surface area contributed by atoms with E-state index in [1.807, 2.05) is 12.2 Å². The van der Waals surface area contributed by atoms with Crippen molar-refractivity contribution in [2.45, 2.75) is 6.42 Å². The number of allylic oxidation sites excluding steroid dienone is 6. The first-order valence-electron chi connectivity index (χ1n) is 6.85. The van der Waals surface area contributed by atoms with Crippen LogP contribution in [-0.2, 0) is 0 Å². The predicted octanol–water partition coefficient (Wildman–Crippen LogP) is 1.39. The molecule has 0 radical (unpaired) electrons. The zero-order valence-corrected chi connectivity index (χ0v) is 11.6. The third-order valence-electron chi connectivity index (χ3n) is 3.83. The number of hydrogen-bond donors (Lipinski definition) is 0. The SMILES string of the molecule is O=c1oc(=O)c2c(C3=CCC=CC=C3)c3c(=O)oc(=O)c3cc12. The summed E-state index contributed by atoms with van der Waals surface area (Å²) in [7, 11) is 0. The third kappa shape index (κ3) is 1.81. The lowest BCUT2D eigenvalue weighted by atomic mass is 9.95. The Balaban J connectivity index is 2.33. The average Bonchev–Trinajstić information content (AvgIpc) is 2.84. The fourth-order valence-electron chi connectivity index (χ4n) is 2.86. The van der Waals surface area contributed by atoms with Crippen molar-refractivity contribution < 1.29 is 8.83 Å². The smallest absolute Gasteiger partial charge is 0.347 e. The summed E-state index contributed by atoms with van der Waals surface area (Å²) < 4.78 is 9.27. The summed E-state index contributed by atoms with van der Waals surface area (Å²) in [6, 6.07) is 1.19. The molecule has 0 saturated carbocycles. The summed E-state index contributed by atoms with van der Waals surface area (Å²) in [5, 5.41) is -0.0554. The van der Waals surface area contributed by atoms with Crippen LogP contribution < -0.4 is 22.5 Å². The summed E-state index contributed by atoms with van der Waals surface area (Å²) >= 11 is 0. The van der Waals surface area contributed by atoms with E-state index in [2.05, 4.69) is 8.83 Å². The molecule has 4 rings (SSSR count). The highest BCUT2D eigenvalue weighted by molar-refractivity contribution is 6.09. The van der Waals surface area contributed by atoms with Gasteiger partial charge in [0.15, 0.2) is 0 Å². The summed E-state index contributed by atoms with van der Waals surface area (Å²) in [5.74, 6) is 0. The molecule has 23 heavy (non-hydrogen) atoms. The van der Waals surface area contributed by atoms with Gasteiger partial charge in [-0.25, -0.2) is 19.2 Å². The van der Waals surface area contributed by atoms with Crippen LogP contribution in [0.1, 0.15) is 12.0 Å². The Morgan fingerprint density at radius 2 is 1.39 bits per heavy atom. The zero-order valence-electron chi connectivity index (χ0n) is 11.6. The van der Waals surface area contributed by atoms with Gasteiger partial charge in [-0.3, -0.25) is 0 Å². The first kappa shape index (κ1) is 13.4. The molecule has 0 aliphatic heterocycles. The van der Waals surface area contributed by atoms with Crippen molar-refractivity contribution in [3.63, 3.8) is 0 Å². The quantitative estimate of drug-likeness (QED) is 0.674. The Kier molecular flexibility index (Phi) is 2.68. The Morgan fingerprint density at radius 1 is 0.783 bits per heavy atom. The Bertz CT molecular complexity index is 1180. The van der Waals surface area contributed by atoms with E-state index in [1.165, 1.54) is 6.07 Å². The molecular weight excluding hydrogens is 300 g/mol. The molecule has 2 heterocycles. The Labute approximate surface area is 127 Å². The van der Waals surface area contributed by atoms with Crippen LogP contribution in [0.2, 0.25) is 0 Å². The van der Waals surface area contributed by atoms with Crippen molar-refractivity contribution in [2.24, 2.45) is 0 Å². The standard InChI is InChI=1S/C17H8O6/c18-14-9-7-10-13(17(21)23-15(10)19)11(12(9)16(20)22-14)8-5-3-1-2-4-6-8/h1-3,5-7H,4H2. The molecule has 0 fully saturated rings. The van der Waals surface area contributed by atoms with Crippen LogP contribution in [0.15, 0.2) is 64.5 Å². The molecule has 6 heteroatoms. The molecule has 0 N–H and O–H groups in total. The normalized spacial score (nSPS) is 14.5. The molecule has 1 aliphatic carbocycles. The van der Waals surface area contributed by atoms with Crippen LogP contribution in [0.25, 0.3) is 27.1 Å². The highest BCUT2D eigenvalue weighted by atomic mass is 16.4. The molecule has 6 nitrogen and oxygen atoms in total. The number of benzene rings is 1. The highest BCUT2D eigenvalue weighted by Crippen LogP contribution is 2.30. The summed E-state index contributed by atoms with van der Waals surface area (Å²) in [4.78, 5) is 47.8. The molecule has 3 aromatic rings. The molecule has 0 spiro atoms. The van der Waals surface area contributed by atoms with Crippen molar-refractivity contribution in [1.29, 1.82) is 0 Å². The molecule has 0 bridgehead atoms. The molecule has 112 valence electrons. The summed E-state index contributed by atoms with van der Waals surface area (Å²) in [6.07, 6.45) is 9.52. The van der Waals surface area contributed by atoms with E-state index in [1.54, 1.807) is 18.2 Å². The van der Waals surface area contributed by atoms with Crippen LogP contribution in [0.3, 0.4) is 0 Å². The molecule has 1 aromatic carbocycles. The second-order valence-corrected chi connectivity index (χ2v) is 5.13. The molecule has 0 atom stereocenters. The first-order valence-corrected chi connectivity index (χ1v) is 6.85. The van der Waals surface area contributed by atoms with E-state index < -0.39 is 22.5 Å². The van der Waals surface area contributed by atoms with Gasteiger partial charge in [-0.15, -0.1) is 0 Å². The van der Waals surface area contributed by atoms with Gasteiger partial charge in [0.25, 0.3) is 0 Å². The topological polar surface area (TPSA) is 94.6 Å². The van der Waals surface area contributed by atoms with Crippen LogP contribution >= 0.6 is 0 Å². The van der Waals surface area contributed by atoms with Crippen LogP contribution in [0.4, 0.5) is 0 Å². The van der Waals surface area contributed by atoms with E-state index in [4.69, 9.17) is 0 Å². The Hall–Kier alpha value is -3.28. The van der Waals surface area contributed by atoms with Gasteiger partial charge in [0.05, 0.1) is 21.5 Å². The number of hydrogen-bond acceptors (Lipinski definition) is 6. The lowest BCUT2D eigenvalue weighted by Crippen LogP contribution is -2.02. The van der Waals surface area contributed by atoms with Crippen LogP contribution in [0, 0.1) is 0 Å². The lowest BCUT2D eigenvalue weighted by molar-refractivity contribution is 0.498. The largest absolute Gasteiger partial charge is 0.386 e. The maximum absolute atomic E-state index is 12.1. The van der Waals surface area contributed by atoms with Crippen molar-refractivity contribution in [3.8, 4) is 0 Å². The van der Waals surface area contributed by atoms with Gasteiger partial charge in [0.1, 0.15) is 0 Å². The predicted molar refractivity (Wildman–Crippen MR) is 84.3 cm³/mol. The van der Waals surface area contributed by atoms with E-state index >= 15 is 0 Å². The Morgan fingerprint density at radius 3 is 2.00 bits per heavy atom. The molecule has 0 amide bonds. The summed E-state index contributed by atoms with van der Waals surface area (Å²) in [6.45, 7) is 0. The highest BCUT2D eigenvalue weighted by Gasteiger charge is 2.23. The number of fused-ring (bicyclic) bond motifs is 2. The maximum Gasteiger partial charge on any atom is 0.347 e. The maximum atomic E-state index is 12.1. The number of furan rings is 2. The number of rotatable bonds is 1. The first-order chi connectivity index (χ1) is 11.1. The summed E-state index contributed by atoms with van der Waals surface area (Å²) in [5.41, 5.74) is -2.57. The zero-order chi connectivity index (χ0) is 16.1. The fraction of sp³-hybridized carbons (Fsp3) is 0.0588. The fourth-order valence-corrected chi connectivity index (χ4v) is 2.86. The van der Waals surface area contributed by atoms with E-state index in [9.17, 15) is 19.2 Å². The van der Waals surface area contributed by atoms with E-state index in [0.717, 1.165) is 0 Å². The third-order valence-corrected chi connectivity index (χ3v) is 3.83. The molecule has 0 unspecified atom stereocenters.